The third-order valence-corrected chi connectivity index (χ3v) is 13.0. The number of sulfonamides is 2. The van der Waals surface area contributed by atoms with Crippen LogP contribution in [0.15, 0.2) is 0 Å². The van der Waals surface area contributed by atoms with E-state index in [-0.39, 0.29) is 0 Å². The van der Waals surface area contributed by atoms with Crippen LogP contribution in [0.3, 0.4) is 0 Å². The highest BCUT2D eigenvalue weighted by molar-refractivity contribution is 8.41. The highest BCUT2D eigenvalue weighted by atomic mass is 32.4. The zero-order valence-electron chi connectivity index (χ0n) is 12.8. The number of hydrogen-bond donors (Lipinski definition) is 0. The van der Waals surface area contributed by atoms with Crippen molar-refractivity contribution in [2.45, 2.75) is 24.9 Å². The SMILES string of the molecule is CCS(CC)(CCOC)N(S(=O)(=O)C(F)(F)F)S(=O)(=O)C(F)(F)F. The van der Waals surface area contributed by atoms with E-state index < -0.39 is 68.3 Å². The van der Waals surface area contributed by atoms with Gasteiger partial charge in [0, 0.05) is 12.9 Å². The normalized spacial score (nSPS) is 15.8. The summed E-state index contributed by atoms with van der Waals surface area (Å²) in [5, 5.41) is 0. The number of hydrogen-bond acceptors (Lipinski definition) is 5. The number of halogens is 6. The standard InChI is InChI=1S/C9H17F6NO5S3/c1-4-22(5-2,7-6-21-3)16(23(17,18)8(10,11)12)24(19,20)9(13,14)15/h4-7H2,1-3H3. The lowest BCUT2D eigenvalue weighted by Gasteiger charge is -2.45. The predicted molar refractivity (Wildman–Crippen MR) is 77.2 cm³/mol. The van der Waals surface area contributed by atoms with Crippen LogP contribution in [0.25, 0.3) is 0 Å². The molecule has 24 heavy (non-hydrogen) atoms. The Bertz CT molecular complexity index is 579. The molecular formula is C9H17F6NO5S3. The van der Waals surface area contributed by atoms with Crippen LogP contribution in [0.5, 0.6) is 0 Å². The van der Waals surface area contributed by atoms with Crippen molar-refractivity contribution in [1.82, 2.24) is 3.12 Å². The summed E-state index contributed by atoms with van der Waals surface area (Å²) >= 11 is 0. The fourth-order valence-corrected chi connectivity index (χ4v) is 11.2. The monoisotopic (exact) mass is 429 g/mol. The first-order valence-corrected chi connectivity index (χ1v) is 11.2. The molecule has 15 heteroatoms. The molecule has 0 bridgehead atoms. The van der Waals surface area contributed by atoms with Crippen molar-refractivity contribution < 1.29 is 47.9 Å². The van der Waals surface area contributed by atoms with E-state index in [9.17, 15) is 43.2 Å². The average Bonchev–Trinajstić information content (AvgIpc) is 2.40. The second-order valence-electron chi connectivity index (χ2n) is 4.34. The van der Waals surface area contributed by atoms with Crippen LogP contribution in [0.2, 0.25) is 0 Å². The molecule has 0 aromatic carbocycles. The van der Waals surface area contributed by atoms with Crippen LogP contribution in [0, 0.1) is 0 Å². The molecule has 0 aromatic heterocycles. The summed E-state index contributed by atoms with van der Waals surface area (Å²) in [5.74, 6) is -1.66. The molecule has 0 radical (unpaired) electrons. The minimum atomic E-state index is -6.78. The van der Waals surface area contributed by atoms with Gasteiger partial charge in [-0.15, -0.1) is 0 Å². The zero-order chi connectivity index (χ0) is 19.6. The molecule has 0 spiro atoms. The Hall–Kier alpha value is -0.250. The van der Waals surface area contributed by atoms with E-state index in [2.05, 4.69) is 4.74 Å². The minimum Gasteiger partial charge on any atom is -0.384 e. The molecular weight excluding hydrogens is 412 g/mol. The fourth-order valence-electron chi connectivity index (χ4n) is 1.73. The van der Waals surface area contributed by atoms with Gasteiger partial charge in [0.1, 0.15) is 0 Å². The van der Waals surface area contributed by atoms with Crippen LogP contribution in [0.1, 0.15) is 13.8 Å². The summed E-state index contributed by atoms with van der Waals surface area (Å²) in [6.07, 6.45) is 0. The van der Waals surface area contributed by atoms with Crippen molar-refractivity contribution in [3.63, 3.8) is 0 Å². The molecule has 148 valence electrons. The van der Waals surface area contributed by atoms with E-state index in [1.807, 2.05) is 0 Å². The van der Waals surface area contributed by atoms with Crippen LogP contribution in [0.4, 0.5) is 26.3 Å². The molecule has 0 aliphatic heterocycles. The highest BCUT2D eigenvalue weighted by Crippen LogP contribution is 2.58. The Morgan fingerprint density at radius 3 is 1.38 bits per heavy atom. The summed E-state index contributed by atoms with van der Waals surface area (Å²) in [5.41, 5.74) is -12.4. The number of nitrogens with zero attached hydrogens (tertiary/aromatic N) is 1. The number of alkyl halides is 6. The third kappa shape index (κ3) is 4.28. The Kier molecular flexibility index (Phi) is 7.47. The average molecular weight is 429 g/mol. The molecule has 0 aliphatic carbocycles. The minimum absolute atomic E-state index is 0.408. The van der Waals surface area contributed by atoms with Gasteiger partial charge in [-0.3, -0.25) is 0 Å². The maximum atomic E-state index is 12.8. The van der Waals surface area contributed by atoms with Gasteiger partial charge in [-0.2, -0.15) is 36.6 Å². The highest BCUT2D eigenvalue weighted by Gasteiger charge is 2.65. The number of methoxy groups -OCH3 is 1. The Morgan fingerprint density at radius 1 is 0.833 bits per heavy atom. The Balaban J connectivity index is 6.79. The van der Waals surface area contributed by atoms with Crippen LogP contribution in [-0.2, 0) is 24.8 Å². The first kappa shape index (κ1) is 23.8. The molecule has 0 atom stereocenters. The number of ether oxygens (including phenoxy) is 1. The van der Waals surface area contributed by atoms with Gasteiger partial charge in [0.15, 0.2) is 0 Å². The molecule has 0 N–H and O–H groups in total. The van der Waals surface area contributed by atoms with Crippen molar-refractivity contribution in [3.05, 3.63) is 0 Å². The van der Waals surface area contributed by atoms with E-state index in [4.69, 9.17) is 0 Å². The quantitative estimate of drug-likeness (QED) is 0.554. The smallest absolute Gasteiger partial charge is 0.384 e. The molecule has 0 saturated heterocycles. The van der Waals surface area contributed by atoms with E-state index in [0.717, 1.165) is 21.0 Å². The first-order valence-electron chi connectivity index (χ1n) is 6.23. The van der Waals surface area contributed by atoms with Gasteiger partial charge < -0.3 is 4.74 Å². The summed E-state index contributed by atoms with van der Waals surface area (Å²) in [6, 6.07) is 0. The Labute approximate surface area is 137 Å². The van der Waals surface area contributed by atoms with Crippen LogP contribution < -0.4 is 0 Å². The van der Waals surface area contributed by atoms with Gasteiger partial charge in [0.05, 0.1) is 6.61 Å². The second-order valence-corrected chi connectivity index (χ2v) is 12.5. The first-order chi connectivity index (χ1) is 10.5. The molecule has 6 nitrogen and oxygen atoms in total. The predicted octanol–water partition coefficient (Wildman–Crippen LogP) is 2.39. The fraction of sp³-hybridized carbons (Fsp3) is 1.00. The third-order valence-electron chi connectivity index (χ3n) is 3.04. The summed E-state index contributed by atoms with van der Waals surface area (Å²) < 4.78 is 127. The molecule has 0 fully saturated rings. The maximum Gasteiger partial charge on any atom is 0.513 e. The number of rotatable bonds is 8. The van der Waals surface area contributed by atoms with Gasteiger partial charge in [-0.1, -0.05) is 13.8 Å². The van der Waals surface area contributed by atoms with E-state index in [0.29, 0.717) is 0 Å². The van der Waals surface area contributed by atoms with E-state index in [1.54, 1.807) is 0 Å². The van der Waals surface area contributed by atoms with Gasteiger partial charge in [0.2, 0.25) is 0 Å². The van der Waals surface area contributed by atoms with Crippen molar-refractivity contribution in [2.24, 2.45) is 0 Å². The lowest BCUT2D eigenvalue weighted by atomic mass is 10.9. The van der Waals surface area contributed by atoms with Crippen LogP contribution in [-0.4, -0.2) is 61.9 Å². The summed E-state index contributed by atoms with van der Waals surface area (Å²) in [6.45, 7) is 1.84. The lowest BCUT2D eigenvalue weighted by Crippen LogP contribution is -2.52. The van der Waals surface area contributed by atoms with Gasteiger partial charge in [0.25, 0.3) is 0 Å². The van der Waals surface area contributed by atoms with E-state index in [1.165, 1.54) is 0 Å². The molecule has 0 saturated carbocycles. The molecule has 0 aliphatic rings. The molecule has 0 amide bonds. The largest absolute Gasteiger partial charge is 0.513 e. The zero-order valence-corrected chi connectivity index (χ0v) is 15.3. The van der Waals surface area contributed by atoms with Gasteiger partial charge >= 0.3 is 31.1 Å². The van der Waals surface area contributed by atoms with Gasteiger partial charge in [-0.25, -0.2) is 16.8 Å². The molecule has 0 unspecified atom stereocenters. The van der Waals surface area contributed by atoms with Crippen molar-refractivity contribution in [2.75, 3.05) is 31.0 Å². The van der Waals surface area contributed by atoms with Crippen molar-refractivity contribution in [3.8, 4) is 0 Å². The van der Waals surface area contributed by atoms with Crippen molar-refractivity contribution in [1.29, 1.82) is 0 Å². The topological polar surface area (TPSA) is 80.8 Å². The summed E-state index contributed by atoms with van der Waals surface area (Å²) in [7, 11) is -16.0. The van der Waals surface area contributed by atoms with Crippen LogP contribution >= 0.6 is 10.2 Å². The lowest BCUT2D eigenvalue weighted by molar-refractivity contribution is -0.0505. The van der Waals surface area contributed by atoms with E-state index >= 15 is 0 Å². The Morgan fingerprint density at radius 2 is 1.17 bits per heavy atom. The molecule has 0 heterocycles. The second kappa shape index (κ2) is 7.55. The van der Waals surface area contributed by atoms with Crippen molar-refractivity contribution >= 4 is 30.3 Å². The molecule has 0 rings (SSSR count). The molecule has 0 aromatic rings. The van der Waals surface area contributed by atoms with Gasteiger partial charge in [-0.05, 0) is 14.6 Å². The maximum absolute atomic E-state index is 12.8. The summed E-state index contributed by atoms with van der Waals surface area (Å²) in [4.78, 5) is 0.